The van der Waals surface area contributed by atoms with Crippen LogP contribution >= 0.6 is 0 Å². The molecular formula is C15H16N2O3. The highest BCUT2D eigenvalue weighted by molar-refractivity contribution is 5.87. The molecule has 5 heteroatoms. The Kier molecular flexibility index (Phi) is 3.89. The Morgan fingerprint density at radius 1 is 1.20 bits per heavy atom. The third-order valence-corrected chi connectivity index (χ3v) is 2.92. The van der Waals surface area contributed by atoms with Crippen LogP contribution in [0.5, 0.6) is 11.5 Å². The summed E-state index contributed by atoms with van der Waals surface area (Å²) in [4.78, 5) is 15.4. The Bertz CT molecular complexity index is 654. The van der Waals surface area contributed by atoms with E-state index in [9.17, 15) is 4.79 Å². The molecule has 0 saturated carbocycles. The van der Waals surface area contributed by atoms with Crippen molar-refractivity contribution in [2.75, 3.05) is 12.8 Å². The Morgan fingerprint density at radius 2 is 1.95 bits per heavy atom. The van der Waals surface area contributed by atoms with Crippen LogP contribution in [0.25, 0.3) is 0 Å². The molecule has 20 heavy (non-hydrogen) atoms. The molecule has 0 atom stereocenters. The van der Waals surface area contributed by atoms with E-state index in [-0.39, 0.29) is 5.69 Å². The molecule has 2 N–H and O–H groups in total. The fraction of sp³-hybridized carbons (Fsp3) is 0.200. The number of anilines is 1. The van der Waals surface area contributed by atoms with E-state index in [0.29, 0.717) is 17.2 Å². The number of aryl methyl sites for hydroxylation is 2. The Labute approximate surface area is 117 Å². The summed E-state index contributed by atoms with van der Waals surface area (Å²) in [6.45, 7) is 3.87. The van der Waals surface area contributed by atoms with E-state index in [2.05, 4.69) is 9.72 Å². The number of rotatable bonds is 3. The lowest BCUT2D eigenvalue weighted by atomic mass is 10.1. The van der Waals surface area contributed by atoms with Gasteiger partial charge in [0, 0.05) is 24.0 Å². The quantitative estimate of drug-likeness (QED) is 0.687. The van der Waals surface area contributed by atoms with Crippen molar-refractivity contribution < 1.29 is 14.3 Å². The second kappa shape index (κ2) is 5.61. The monoisotopic (exact) mass is 272 g/mol. The molecule has 0 spiro atoms. The lowest BCUT2D eigenvalue weighted by Crippen LogP contribution is -2.04. The van der Waals surface area contributed by atoms with Crippen LogP contribution in [0.2, 0.25) is 0 Å². The van der Waals surface area contributed by atoms with Gasteiger partial charge in [0.15, 0.2) is 5.69 Å². The van der Waals surface area contributed by atoms with Crippen molar-refractivity contribution in [2.24, 2.45) is 0 Å². The number of esters is 1. The largest absolute Gasteiger partial charge is 0.464 e. The zero-order chi connectivity index (χ0) is 14.7. The molecule has 0 aliphatic carbocycles. The molecule has 0 radical (unpaired) electrons. The number of hydrogen-bond acceptors (Lipinski definition) is 5. The summed E-state index contributed by atoms with van der Waals surface area (Å²) in [5.41, 5.74) is 8.70. The first-order valence-corrected chi connectivity index (χ1v) is 6.10. The number of carbonyl (C=O) groups is 1. The number of benzene rings is 1. The second-order valence-corrected chi connectivity index (χ2v) is 4.44. The molecule has 0 aliphatic heterocycles. The number of ether oxygens (including phenoxy) is 2. The van der Waals surface area contributed by atoms with Gasteiger partial charge in [-0.25, -0.2) is 9.78 Å². The summed E-state index contributed by atoms with van der Waals surface area (Å²) in [6.07, 6.45) is 1.49. The van der Waals surface area contributed by atoms with Gasteiger partial charge in [0.25, 0.3) is 0 Å². The van der Waals surface area contributed by atoms with Gasteiger partial charge in [0.05, 0.1) is 7.11 Å². The van der Waals surface area contributed by atoms with Gasteiger partial charge >= 0.3 is 5.97 Å². The normalized spacial score (nSPS) is 10.2. The predicted molar refractivity (Wildman–Crippen MR) is 76.0 cm³/mol. The maximum atomic E-state index is 11.4. The van der Waals surface area contributed by atoms with Crippen molar-refractivity contribution in [3.8, 4) is 11.5 Å². The zero-order valence-corrected chi connectivity index (χ0v) is 11.6. The van der Waals surface area contributed by atoms with Gasteiger partial charge in [-0.1, -0.05) is 6.07 Å². The van der Waals surface area contributed by atoms with Crippen LogP contribution in [-0.4, -0.2) is 18.1 Å². The van der Waals surface area contributed by atoms with E-state index >= 15 is 0 Å². The van der Waals surface area contributed by atoms with Crippen LogP contribution < -0.4 is 10.5 Å². The van der Waals surface area contributed by atoms with Crippen LogP contribution in [0.4, 0.5) is 5.69 Å². The van der Waals surface area contributed by atoms with Gasteiger partial charge < -0.3 is 15.2 Å². The summed E-state index contributed by atoms with van der Waals surface area (Å²) in [7, 11) is 1.31. The van der Waals surface area contributed by atoms with Gasteiger partial charge in [-0.05, 0) is 31.0 Å². The topological polar surface area (TPSA) is 74.4 Å². The van der Waals surface area contributed by atoms with E-state index in [1.807, 2.05) is 19.9 Å². The molecule has 0 aliphatic rings. The van der Waals surface area contributed by atoms with Gasteiger partial charge in [-0.2, -0.15) is 0 Å². The fourth-order valence-electron chi connectivity index (χ4n) is 1.78. The van der Waals surface area contributed by atoms with E-state index in [0.717, 1.165) is 11.1 Å². The number of nitrogen functional groups attached to an aromatic ring is 1. The fourth-order valence-corrected chi connectivity index (χ4v) is 1.78. The van der Waals surface area contributed by atoms with Gasteiger partial charge in [0.1, 0.15) is 11.5 Å². The van der Waals surface area contributed by atoms with Crippen molar-refractivity contribution in [1.82, 2.24) is 4.98 Å². The van der Waals surface area contributed by atoms with E-state index in [1.54, 1.807) is 12.1 Å². The van der Waals surface area contributed by atoms with Crippen molar-refractivity contribution in [3.05, 3.63) is 47.3 Å². The highest BCUT2D eigenvalue weighted by Gasteiger charge is 2.10. The van der Waals surface area contributed by atoms with Gasteiger partial charge in [-0.3, -0.25) is 0 Å². The number of hydrogen-bond donors (Lipinski definition) is 1. The highest BCUT2D eigenvalue weighted by atomic mass is 16.5. The maximum Gasteiger partial charge on any atom is 0.356 e. The summed E-state index contributed by atoms with van der Waals surface area (Å²) >= 11 is 0. The molecule has 1 aromatic heterocycles. The third kappa shape index (κ3) is 2.88. The molecule has 5 nitrogen and oxygen atoms in total. The first-order valence-electron chi connectivity index (χ1n) is 6.10. The molecule has 104 valence electrons. The van der Waals surface area contributed by atoms with Crippen molar-refractivity contribution in [3.63, 3.8) is 0 Å². The van der Waals surface area contributed by atoms with Crippen LogP contribution in [0.1, 0.15) is 21.6 Å². The molecule has 0 unspecified atom stereocenters. The molecular weight excluding hydrogens is 256 g/mol. The Morgan fingerprint density at radius 3 is 2.65 bits per heavy atom. The lowest BCUT2D eigenvalue weighted by Gasteiger charge is -2.11. The lowest BCUT2D eigenvalue weighted by molar-refractivity contribution is 0.0593. The Hall–Kier alpha value is -2.56. The first-order chi connectivity index (χ1) is 9.51. The molecule has 0 bridgehead atoms. The summed E-state index contributed by atoms with van der Waals surface area (Å²) < 4.78 is 10.4. The minimum absolute atomic E-state index is 0.197. The number of nitrogens with zero attached hydrogens (tertiary/aromatic N) is 1. The number of carbonyl (C=O) groups excluding carboxylic acids is 1. The molecule has 2 aromatic rings. The summed E-state index contributed by atoms with van der Waals surface area (Å²) in [5, 5.41) is 0. The standard InChI is InChI=1S/C15H16N2O3/c1-9-6-10(2)14(8-12(9)16)20-11-4-5-17-13(7-11)15(18)19-3/h4-8H,16H2,1-3H3. The van der Waals surface area contributed by atoms with Crippen LogP contribution in [0.15, 0.2) is 30.5 Å². The zero-order valence-electron chi connectivity index (χ0n) is 11.6. The number of pyridine rings is 1. The third-order valence-electron chi connectivity index (χ3n) is 2.92. The SMILES string of the molecule is COC(=O)c1cc(Oc2cc(N)c(C)cc2C)ccn1. The molecule has 1 heterocycles. The van der Waals surface area contributed by atoms with Crippen LogP contribution in [-0.2, 0) is 4.74 Å². The first kappa shape index (κ1) is 13.9. The maximum absolute atomic E-state index is 11.4. The summed E-state index contributed by atoms with van der Waals surface area (Å²) in [5.74, 6) is 0.650. The van der Waals surface area contributed by atoms with Crippen molar-refractivity contribution in [2.45, 2.75) is 13.8 Å². The van der Waals surface area contributed by atoms with Gasteiger partial charge in [-0.15, -0.1) is 0 Å². The van der Waals surface area contributed by atoms with E-state index < -0.39 is 5.97 Å². The molecule has 0 amide bonds. The second-order valence-electron chi connectivity index (χ2n) is 4.44. The minimum Gasteiger partial charge on any atom is -0.464 e. The van der Waals surface area contributed by atoms with Crippen molar-refractivity contribution in [1.29, 1.82) is 0 Å². The molecule has 2 rings (SSSR count). The van der Waals surface area contributed by atoms with Crippen LogP contribution in [0, 0.1) is 13.8 Å². The van der Waals surface area contributed by atoms with Crippen LogP contribution in [0.3, 0.4) is 0 Å². The number of aromatic nitrogens is 1. The smallest absolute Gasteiger partial charge is 0.356 e. The van der Waals surface area contributed by atoms with E-state index in [1.165, 1.54) is 19.4 Å². The summed E-state index contributed by atoms with van der Waals surface area (Å²) in [6, 6.07) is 6.92. The van der Waals surface area contributed by atoms with Gasteiger partial charge in [0.2, 0.25) is 0 Å². The number of methoxy groups -OCH3 is 1. The average Bonchev–Trinajstić information content (AvgIpc) is 2.44. The molecule has 0 fully saturated rings. The van der Waals surface area contributed by atoms with Crippen molar-refractivity contribution >= 4 is 11.7 Å². The number of nitrogens with two attached hydrogens (primary N) is 1. The average molecular weight is 272 g/mol. The highest BCUT2D eigenvalue weighted by Crippen LogP contribution is 2.29. The minimum atomic E-state index is -0.504. The molecule has 1 aromatic carbocycles. The Balaban J connectivity index is 2.31. The molecule has 0 saturated heterocycles. The van der Waals surface area contributed by atoms with E-state index in [4.69, 9.17) is 10.5 Å². The predicted octanol–water partition coefficient (Wildman–Crippen LogP) is 2.86.